The molecular weight excluding hydrogens is 272 g/mol. The van der Waals surface area contributed by atoms with Crippen molar-refractivity contribution >= 4 is 11.6 Å². The molecule has 2 aromatic rings. The third-order valence-corrected chi connectivity index (χ3v) is 3.46. The van der Waals surface area contributed by atoms with E-state index in [9.17, 15) is 14.4 Å². The lowest BCUT2D eigenvalue weighted by atomic mass is 9.99. The normalized spacial score (nSPS) is 13.5. The largest absolute Gasteiger partial charge is 0.325 e. The Kier molecular flexibility index (Phi) is 3.41. The zero-order valence-corrected chi connectivity index (χ0v) is 11.2. The SMILES string of the molecule is O=C(Nc1cccc2c1CNCC2)c1c[nH]c(=O)[nH]c1=O. The third-order valence-electron chi connectivity index (χ3n) is 3.46. The number of carbonyl (C=O) groups excluding carboxylic acids is 1. The van der Waals surface area contributed by atoms with E-state index in [1.807, 2.05) is 17.1 Å². The molecule has 0 spiro atoms. The number of nitrogens with one attached hydrogen (secondary N) is 4. The topological polar surface area (TPSA) is 107 Å². The highest BCUT2D eigenvalue weighted by atomic mass is 16.2. The molecule has 21 heavy (non-hydrogen) atoms. The molecule has 2 heterocycles. The molecule has 7 nitrogen and oxygen atoms in total. The van der Waals surface area contributed by atoms with Crippen molar-refractivity contribution in [1.82, 2.24) is 15.3 Å². The molecule has 1 amide bonds. The van der Waals surface area contributed by atoms with Crippen LogP contribution in [-0.4, -0.2) is 22.4 Å². The average molecular weight is 286 g/mol. The first kappa shape index (κ1) is 13.3. The lowest BCUT2D eigenvalue weighted by molar-refractivity contribution is 0.102. The molecule has 0 aliphatic carbocycles. The van der Waals surface area contributed by atoms with Gasteiger partial charge in [0.1, 0.15) is 5.56 Å². The van der Waals surface area contributed by atoms with Crippen LogP contribution in [0.4, 0.5) is 5.69 Å². The van der Waals surface area contributed by atoms with Gasteiger partial charge in [0.15, 0.2) is 0 Å². The van der Waals surface area contributed by atoms with Crippen LogP contribution < -0.4 is 21.9 Å². The lowest BCUT2D eigenvalue weighted by Crippen LogP contribution is -2.30. The second-order valence-electron chi connectivity index (χ2n) is 4.81. The average Bonchev–Trinajstić information content (AvgIpc) is 2.47. The zero-order chi connectivity index (χ0) is 14.8. The molecule has 0 radical (unpaired) electrons. The van der Waals surface area contributed by atoms with Gasteiger partial charge in [-0.25, -0.2) is 4.79 Å². The van der Waals surface area contributed by atoms with Crippen LogP contribution >= 0.6 is 0 Å². The summed E-state index contributed by atoms with van der Waals surface area (Å²) in [5.74, 6) is -0.550. The number of rotatable bonds is 2. The third kappa shape index (κ3) is 2.63. The number of amides is 1. The summed E-state index contributed by atoms with van der Waals surface area (Å²) in [5, 5.41) is 5.97. The highest BCUT2D eigenvalue weighted by Gasteiger charge is 2.16. The predicted molar refractivity (Wildman–Crippen MR) is 77.5 cm³/mol. The molecule has 1 aromatic carbocycles. The second kappa shape index (κ2) is 5.37. The number of hydrogen-bond acceptors (Lipinski definition) is 4. The van der Waals surface area contributed by atoms with Crippen molar-refractivity contribution in [2.24, 2.45) is 0 Å². The van der Waals surface area contributed by atoms with Crippen LogP contribution in [0, 0.1) is 0 Å². The highest BCUT2D eigenvalue weighted by molar-refractivity contribution is 6.04. The summed E-state index contributed by atoms with van der Waals surface area (Å²) in [4.78, 5) is 39.0. The number of aromatic nitrogens is 2. The maximum absolute atomic E-state index is 12.2. The first-order valence-electron chi connectivity index (χ1n) is 6.60. The van der Waals surface area contributed by atoms with Crippen LogP contribution in [0.15, 0.2) is 34.0 Å². The first-order valence-corrected chi connectivity index (χ1v) is 6.60. The quantitative estimate of drug-likeness (QED) is 0.621. The van der Waals surface area contributed by atoms with Gasteiger partial charge in [-0.05, 0) is 30.2 Å². The van der Waals surface area contributed by atoms with E-state index in [1.165, 1.54) is 5.56 Å². The van der Waals surface area contributed by atoms with Gasteiger partial charge in [0.2, 0.25) is 0 Å². The van der Waals surface area contributed by atoms with Crippen molar-refractivity contribution in [2.75, 3.05) is 11.9 Å². The summed E-state index contributed by atoms with van der Waals surface area (Å²) < 4.78 is 0. The van der Waals surface area contributed by atoms with E-state index in [1.54, 1.807) is 6.07 Å². The Balaban J connectivity index is 1.92. The van der Waals surface area contributed by atoms with Gasteiger partial charge in [0.05, 0.1) is 0 Å². The van der Waals surface area contributed by atoms with Crippen molar-refractivity contribution in [2.45, 2.75) is 13.0 Å². The minimum atomic E-state index is -0.709. The number of benzene rings is 1. The van der Waals surface area contributed by atoms with E-state index >= 15 is 0 Å². The van der Waals surface area contributed by atoms with Crippen molar-refractivity contribution in [3.8, 4) is 0 Å². The predicted octanol–water partition coefficient (Wildman–Crippen LogP) is -0.0388. The Hall–Kier alpha value is -2.67. The fourth-order valence-electron chi connectivity index (χ4n) is 2.40. The summed E-state index contributed by atoms with van der Waals surface area (Å²) in [6.07, 6.45) is 2.02. The first-order chi connectivity index (χ1) is 10.1. The Morgan fingerprint density at radius 3 is 2.90 bits per heavy atom. The summed E-state index contributed by atoms with van der Waals surface area (Å²) in [6, 6.07) is 5.69. The summed E-state index contributed by atoms with van der Waals surface area (Å²) in [5.41, 5.74) is 1.41. The molecular formula is C14H14N4O3. The molecule has 0 fully saturated rings. The van der Waals surface area contributed by atoms with Crippen LogP contribution in [0.3, 0.4) is 0 Å². The number of aromatic amines is 2. The van der Waals surface area contributed by atoms with Gasteiger partial charge >= 0.3 is 5.69 Å². The van der Waals surface area contributed by atoms with Gasteiger partial charge in [0, 0.05) is 18.4 Å². The van der Waals surface area contributed by atoms with E-state index < -0.39 is 17.2 Å². The van der Waals surface area contributed by atoms with Crippen molar-refractivity contribution in [3.05, 3.63) is 61.9 Å². The molecule has 4 N–H and O–H groups in total. The fraction of sp³-hybridized carbons (Fsp3) is 0.214. The fourth-order valence-corrected chi connectivity index (χ4v) is 2.40. The Morgan fingerprint density at radius 2 is 2.10 bits per heavy atom. The van der Waals surface area contributed by atoms with Gasteiger partial charge in [-0.15, -0.1) is 0 Å². The lowest BCUT2D eigenvalue weighted by Gasteiger charge is -2.20. The van der Waals surface area contributed by atoms with Crippen LogP contribution in [0.2, 0.25) is 0 Å². The van der Waals surface area contributed by atoms with Gasteiger partial charge < -0.3 is 15.6 Å². The number of carbonyl (C=O) groups is 1. The number of anilines is 1. The summed E-state index contributed by atoms with van der Waals surface area (Å²) in [7, 11) is 0. The molecule has 0 atom stereocenters. The van der Waals surface area contributed by atoms with E-state index in [0.717, 1.165) is 24.7 Å². The smallest absolute Gasteiger partial charge is 0.321 e. The minimum Gasteiger partial charge on any atom is -0.321 e. The Bertz CT molecular complexity index is 806. The number of H-pyrrole nitrogens is 2. The molecule has 1 aliphatic heterocycles. The molecule has 0 unspecified atom stereocenters. The standard InChI is InChI=1S/C14H14N4O3/c19-12(10-7-16-14(21)18-13(10)20)17-11-3-1-2-8-4-5-15-6-9(8)11/h1-3,7,15H,4-6H2,(H,17,19)(H2,16,18,20,21). The van der Waals surface area contributed by atoms with Crippen molar-refractivity contribution in [1.29, 1.82) is 0 Å². The van der Waals surface area contributed by atoms with Gasteiger partial charge in [-0.1, -0.05) is 12.1 Å². The highest BCUT2D eigenvalue weighted by Crippen LogP contribution is 2.23. The van der Waals surface area contributed by atoms with Crippen LogP contribution in [0.1, 0.15) is 21.5 Å². The van der Waals surface area contributed by atoms with Gasteiger partial charge in [-0.3, -0.25) is 14.6 Å². The molecule has 0 saturated carbocycles. The Labute approximate surface area is 119 Å². The van der Waals surface area contributed by atoms with Crippen LogP contribution in [0.25, 0.3) is 0 Å². The summed E-state index contributed by atoms with van der Waals surface area (Å²) >= 11 is 0. The molecule has 0 saturated heterocycles. The van der Waals surface area contributed by atoms with Crippen LogP contribution in [0.5, 0.6) is 0 Å². The monoisotopic (exact) mass is 286 g/mol. The second-order valence-corrected chi connectivity index (χ2v) is 4.81. The molecule has 108 valence electrons. The van der Waals surface area contributed by atoms with E-state index in [-0.39, 0.29) is 5.56 Å². The van der Waals surface area contributed by atoms with Gasteiger partial charge in [-0.2, -0.15) is 0 Å². The molecule has 1 aromatic heterocycles. The summed E-state index contributed by atoms with van der Waals surface area (Å²) in [6.45, 7) is 1.58. The van der Waals surface area contributed by atoms with Crippen LogP contribution in [-0.2, 0) is 13.0 Å². The Morgan fingerprint density at radius 1 is 1.24 bits per heavy atom. The molecule has 0 bridgehead atoms. The number of fused-ring (bicyclic) bond motifs is 1. The van der Waals surface area contributed by atoms with Crippen molar-refractivity contribution in [3.63, 3.8) is 0 Å². The molecule has 3 rings (SSSR count). The van der Waals surface area contributed by atoms with Gasteiger partial charge in [0.25, 0.3) is 11.5 Å². The van der Waals surface area contributed by atoms with E-state index in [4.69, 9.17) is 0 Å². The maximum atomic E-state index is 12.2. The zero-order valence-electron chi connectivity index (χ0n) is 11.2. The minimum absolute atomic E-state index is 0.129. The van der Waals surface area contributed by atoms with E-state index in [0.29, 0.717) is 12.2 Å². The molecule has 7 heteroatoms. The van der Waals surface area contributed by atoms with Crippen molar-refractivity contribution < 1.29 is 4.79 Å². The molecule has 1 aliphatic rings. The van der Waals surface area contributed by atoms with E-state index in [2.05, 4.69) is 15.6 Å². The number of hydrogen-bond donors (Lipinski definition) is 4. The maximum Gasteiger partial charge on any atom is 0.325 e.